The number of carbonyl (C=O) groups is 2. The van der Waals surface area contributed by atoms with Gasteiger partial charge in [-0.25, -0.2) is 4.79 Å². The number of allylic oxidation sites excluding steroid dienone is 1. The summed E-state index contributed by atoms with van der Waals surface area (Å²) in [7, 11) is 4.57. The van der Waals surface area contributed by atoms with Crippen molar-refractivity contribution in [3.8, 4) is 28.7 Å². The highest BCUT2D eigenvalue weighted by Gasteiger charge is 2.28. The van der Waals surface area contributed by atoms with Crippen molar-refractivity contribution in [1.29, 1.82) is 0 Å². The number of fused-ring (bicyclic) bond motifs is 1. The summed E-state index contributed by atoms with van der Waals surface area (Å²) in [4.78, 5) is 25.4. The number of ether oxygens (including phenoxy) is 5. The van der Waals surface area contributed by atoms with Crippen LogP contribution in [0.25, 0.3) is 6.08 Å². The summed E-state index contributed by atoms with van der Waals surface area (Å²) >= 11 is 0. The minimum absolute atomic E-state index is 0.125. The molecule has 0 atom stereocenters. The number of rotatable bonds is 6. The van der Waals surface area contributed by atoms with Crippen LogP contribution in [0, 0.1) is 0 Å². The second kappa shape index (κ2) is 8.85. The first-order chi connectivity index (χ1) is 15.5. The second-order valence-electron chi connectivity index (χ2n) is 6.80. The SMILES string of the molecule is COc1ccc(OC)c(/C=C2\Oc3cc(OC(=O)c4ccccc4OC)ccc3C2=O)c1. The standard InChI is InChI=1S/C25H20O7/c1-28-16-9-11-20(29-2)15(12-16)13-23-24(26)18-10-8-17(14-22(18)32-23)31-25(27)19-6-4-5-7-21(19)30-3/h4-14H,1-3H3/b23-13-. The third-order valence-electron chi connectivity index (χ3n) is 4.90. The lowest BCUT2D eigenvalue weighted by Crippen LogP contribution is -2.10. The predicted molar refractivity (Wildman–Crippen MR) is 117 cm³/mol. The van der Waals surface area contributed by atoms with Crippen molar-refractivity contribution < 1.29 is 33.3 Å². The van der Waals surface area contributed by atoms with E-state index >= 15 is 0 Å². The number of Topliss-reactive ketones (excluding diaryl/α,β-unsaturated/α-hetero) is 1. The van der Waals surface area contributed by atoms with Crippen LogP contribution in [0.2, 0.25) is 0 Å². The fraction of sp³-hybridized carbons (Fsp3) is 0.120. The third-order valence-corrected chi connectivity index (χ3v) is 4.90. The van der Waals surface area contributed by atoms with E-state index in [0.29, 0.717) is 34.1 Å². The first-order valence-corrected chi connectivity index (χ1v) is 9.69. The van der Waals surface area contributed by atoms with Gasteiger partial charge < -0.3 is 23.7 Å². The van der Waals surface area contributed by atoms with E-state index in [9.17, 15) is 9.59 Å². The van der Waals surface area contributed by atoms with Crippen LogP contribution in [0.4, 0.5) is 0 Å². The zero-order chi connectivity index (χ0) is 22.7. The van der Waals surface area contributed by atoms with E-state index in [4.69, 9.17) is 23.7 Å². The van der Waals surface area contributed by atoms with Gasteiger partial charge in [-0.15, -0.1) is 0 Å². The third kappa shape index (κ3) is 4.00. The van der Waals surface area contributed by atoms with Crippen molar-refractivity contribution in [2.75, 3.05) is 21.3 Å². The zero-order valence-corrected chi connectivity index (χ0v) is 17.7. The average molecular weight is 432 g/mol. The van der Waals surface area contributed by atoms with Crippen LogP contribution in [0.1, 0.15) is 26.3 Å². The Bertz CT molecular complexity index is 1230. The maximum atomic E-state index is 12.8. The number of benzene rings is 3. The first-order valence-electron chi connectivity index (χ1n) is 9.69. The molecule has 162 valence electrons. The van der Waals surface area contributed by atoms with E-state index in [1.54, 1.807) is 67.8 Å². The normalized spacial score (nSPS) is 13.3. The highest BCUT2D eigenvalue weighted by atomic mass is 16.5. The Balaban J connectivity index is 1.59. The molecule has 0 N–H and O–H groups in total. The van der Waals surface area contributed by atoms with Gasteiger partial charge in [0.25, 0.3) is 0 Å². The predicted octanol–water partition coefficient (Wildman–Crippen LogP) is 4.55. The smallest absolute Gasteiger partial charge is 0.347 e. The van der Waals surface area contributed by atoms with Crippen LogP contribution in [0.5, 0.6) is 28.7 Å². The Kier molecular flexibility index (Phi) is 5.81. The Morgan fingerprint density at radius 1 is 0.844 bits per heavy atom. The number of esters is 1. The second-order valence-corrected chi connectivity index (χ2v) is 6.80. The van der Waals surface area contributed by atoms with Gasteiger partial charge in [0.15, 0.2) is 5.76 Å². The van der Waals surface area contributed by atoms with Gasteiger partial charge >= 0.3 is 5.97 Å². The molecule has 1 aliphatic rings. The van der Waals surface area contributed by atoms with Crippen LogP contribution in [0.15, 0.2) is 66.4 Å². The van der Waals surface area contributed by atoms with Gasteiger partial charge in [-0.2, -0.15) is 0 Å². The molecule has 0 bridgehead atoms. The van der Waals surface area contributed by atoms with Crippen LogP contribution in [-0.4, -0.2) is 33.1 Å². The average Bonchev–Trinajstić information content (AvgIpc) is 3.13. The molecule has 0 fully saturated rings. The molecule has 1 aliphatic heterocycles. The van der Waals surface area contributed by atoms with E-state index in [1.807, 2.05) is 0 Å². The summed E-state index contributed by atoms with van der Waals surface area (Å²) in [6.07, 6.45) is 1.59. The zero-order valence-electron chi connectivity index (χ0n) is 17.7. The van der Waals surface area contributed by atoms with Gasteiger partial charge in [0, 0.05) is 11.6 Å². The van der Waals surface area contributed by atoms with Crippen molar-refractivity contribution in [2.45, 2.75) is 0 Å². The van der Waals surface area contributed by atoms with Crippen molar-refractivity contribution in [3.05, 3.63) is 83.1 Å². The maximum absolute atomic E-state index is 12.8. The van der Waals surface area contributed by atoms with Gasteiger partial charge in [0.1, 0.15) is 34.3 Å². The molecule has 4 rings (SSSR count). The Morgan fingerprint density at radius 3 is 2.34 bits per heavy atom. The summed E-state index contributed by atoms with van der Waals surface area (Å²) in [6, 6.07) is 16.6. The van der Waals surface area contributed by atoms with Crippen molar-refractivity contribution >= 4 is 17.8 Å². The van der Waals surface area contributed by atoms with E-state index in [2.05, 4.69) is 0 Å². The lowest BCUT2D eigenvalue weighted by molar-refractivity contribution is 0.0731. The molecule has 0 aliphatic carbocycles. The van der Waals surface area contributed by atoms with Crippen molar-refractivity contribution in [3.63, 3.8) is 0 Å². The van der Waals surface area contributed by atoms with E-state index < -0.39 is 5.97 Å². The van der Waals surface area contributed by atoms with Gasteiger partial charge in [-0.05, 0) is 48.5 Å². The van der Waals surface area contributed by atoms with Crippen LogP contribution in [-0.2, 0) is 0 Å². The summed E-state index contributed by atoms with van der Waals surface area (Å²) in [6.45, 7) is 0. The van der Waals surface area contributed by atoms with Gasteiger partial charge in [0.2, 0.25) is 5.78 Å². The number of hydrogen-bond donors (Lipinski definition) is 0. The molecule has 3 aromatic rings. The topological polar surface area (TPSA) is 80.3 Å². The molecule has 0 saturated carbocycles. The summed E-state index contributed by atoms with van der Waals surface area (Å²) in [5.74, 6) is 1.39. The molecular formula is C25H20O7. The molecule has 32 heavy (non-hydrogen) atoms. The largest absolute Gasteiger partial charge is 0.497 e. The lowest BCUT2D eigenvalue weighted by atomic mass is 10.1. The number of ketones is 1. The molecule has 0 aromatic heterocycles. The molecule has 7 heteroatoms. The molecule has 7 nitrogen and oxygen atoms in total. The van der Waals surface area contributed by atoms with E-state index in [1.165, 1.54) is 20.3 Å². The molecule has 0 amide bonds. The minimum atomic E-state index is -0.580. The summed E-state index contributed by atoms with van der Waals surface area (Å²) in [5, 5.41) is 0. The Morgan fingerprint density at radius 2 is 1.59 bits per heavy atom. The number of para-hydroxylation sites is 1. The number of methoxy groups -OCH3 is 3. The van der Waals surface area contributed by atoms with Crippen molar-refractivity contribution in [2.24, 2.45) is 0 Å². The molecule has 0 unspecified atom stereocenters. The lowest BCUT2D eigenvalue weighted by Gasteiger charge is -2.09. The quantitative estimate of drug-likeness (QED) is 0.321. The molecule has 0 saturated heterocycles. The van der Waals surface area contributed by atoms with E-state index in [0.717, 1.165) is 0 Å². The fourth-order valence-electron chi connectivity index (χ4n) is 3.30. The van der Waals surface area contributed by atoms with Crippen LogP contribution >= 0.6 is 0 Å². The summed E-state index contributed by atoms with van der Waals surface area (Å²) in [5.41, 5.74) is 1.29. The molecule has 1 heterocycles. The first kappa shape index (κ1) is 21.0. The van der Waals surface area contributed by atoms with Gasteiger partial charge in [-0.3, -0.25) is 4.79 Å². The molecule has 0 spiro atoms. The van der Waals surface area contributed by atoms with Crippen LogP contribution in [0.3, 0.4) is 0 Å². The number of carbonyl (C=O) groups excluding carboxylic acids is 2. The van der Waals surface area contributed by atoms with Crippen LogP contribution < -0.4 is 23.7 Å². The Hall–Kier alpha value is -4.26. The van der Waals surface area contributed by atoms with Crippen molar-refractivity contribution in [1.82, 2.24) is 0 Å². The number of hydrogen-bond acceptors (Lipinski definition) is 7. The summed E-state index contributed by atoms with van der Waals surface area (Å²) < 4.78 is 27.0. The van der Waals surface area contributed by atoms with Gasteiger partial charge in [-0.1, -0.05) is 12.1 Å². The highest BCUT2D eigenvalue weighted by molar-refractivity contribution is 6.14. The molecule has 3 aromatic carbocycles. The highest BCUT2D eigenvalue weighted by Crippen LogP contribution is 2.36. The van der Waals surface area contributed by atoms with E-state index in [-0.39, 0.29) is 22.9 Å². The fourth-order valence-corrected chi connectivity index (χ4v) is 3.30. The Labute approximate surface area is 184 Å². The monoisotopic (exact) mass is 432 g/mol. The minimum Gasteiger partial charge on any atom is -0.497 e. The van der Waals surface area contributed by atoms with Gasteiger partial charge in [0.05, 0.1) is 26.9 Å². The molecular weight excluding hydrogens is 412 g/mol. The maximum Gasteiger partial charge on any atom is 0.347 e. The molecule has 0 radical (unpaired) electrons.